The van der Waals surface area contributed by atoms with Crippen molar-refractivity contribution < 1.29 is 9.47 Å². The highest BCUT2D eigenvalue weighted by Crippen LogP contribution is 2.16. The Labute approximate surface area is 96.0 Å². The van der Waals surface area contributed by atoms with E-state index in [1.807, 2.05) is 18.2 Å². The maximum atomic E-state index is 5.67. The van der Waals surface area contributed by atoms with Gasteiger partial charge in [0.05, 0.1) is 13.7 Å². The van der Waals surface area contributed by atoms with Gasteiger partial charge in [0.1, 0.15) is 0 Å². The average molecular weight is 222 g/mol. The summed E-state index contributed by atoms with van der Waals surface area (Å²) < 4.78 is 10.7. The van der Waals surface area contributed by atoms with Crippen LogP contribution in [-0.2, 0) is 0 Å². The maximum Gasteiger partial charge on any atom is 0.216 e. The minimum atomic E-state index is 0.600. The highest BCUT2D eigenvalue weighted by molar-refractivity contribution is 5.19. The molecular formula is C12H18N2O2. The molecule has 0 saturated carbocycles. The van der Waals surface area contributed by atoms with Crippen molar-refractivity contribution in [2.45, 2.75) is 12.8 Å². The lowest BCUT2D eigenvalue weighted by molar-refractivity contribution is 0.207. The number of aromatic nitrogens is 1. The number of pyridine rings is 1. The van der Waals surface area contributed by atoms with Crippen LogP contribution in [0.4, 0.5) is 0 Å². The molecule has 0 unspecified atom stereocenters. The number of piperidine rings is 1. The van der Waals surface area contributed by atoms with Crippen molar-refractivity contribution in [1.29, 1.82) is 0 Å². The summed E-state index contributed by atoms with van der Waals surface area (Å²) in [6, 6.07) is 5.57. The SMILES string of the molecule is COc1cccc(OCC2CCNCC2)n1. The van der Waals surface area contributed by atoms with E-state index in [2.05, 4.69) is 10.3 Å². The number of nitrogens with one attached hydrogen (secondary N) is 1. The third kappa shape index (κ3) is 3.10. The van der Waals surface area contributed by atoms with E-state index >= 15 is 0 Å². The van der Waals surface area contributed by atoms with Gasteiger partial charge in [-0.25, -0.2) is 0 Å². The summed E-state index contributed by atoms with van der Waals surface area (Å²) in [5.74, 6) is 1.90. The molecule has 16 heavy (non-hydrogen) atoms. The van der Waals surface area contributed by atoms with Gasteiger partial charge in [-0.05, 0) is 31.8 Å². The van der Waals surface area contributed by atoms with Gasteiger partial charge in [-0.15, -0.1) is 0 Å². The summed E-state index contributed by atoms with van der Waals surface area (Å²) in [7, 11) is 1.61. The van der Waals surface area contributed by atoms with Gasteiger partial charge in [-0.1, -0.05) is 6.07 Å². The molecule has 0 radical (unpaired) electrons. The summed E-state index contributed by atoms with van der Waals surface area (Å²) in [6.45, 7) is 2.95. The molecule has 88 valence electrons. The fourth-order valence-corrected chi connectivity index (χ4v) is 1.84. The topological polar surface area (TPSA) is 43.4 Å². The Balaban J connectivity index is 1.83. The predicted octanol–water partition coefficient (Wildman–Crippen LogP) is 1.47. The van der Waals surface area contributed by atoms with Crippen LogP contribution < -0.4 is 14.8 Å². The summed E-state index contributed by atoms with van der Waals surface area (Å²) in [5, 5.41) is 3.34. The third-order valence-electron chi connectivity index (χ3n) is 2.83. The zero-order valence-electron chi connectivity index (χ0n) is 9.61. The van der Waals surface area contributed by atoms with Crippen molar-refractivity contribution in [1.82, 2.24) is 10.3 Å². The fourth-order valence-electron chi connectivity index (χ4n) is 1.84. The zero-order chi connectivity index (χ0) is 11.2. The molecule has 1 N–H and O–H groups in total. The molecule has 0 aliphatic carbocycles. The van der Waals surface area contributed by atoms with Crippen molar-refractivity contribution in [3.05, 3.63) is 18.2 Å². The Morgan fingerprint density at radius 2 is 2.06 bits per heavy atom. The number of ether oxygens (including phenoxy) is 2. The Morgan fingerprint density at radius 1 is 1.31 bits per heavy atom. The first kappa shape index (κ1) is 11.2. The normalized spacial score (nSPS) is 17.1. The van der Waals surface area contributed by atoms with Crippen LogP contribution in [-0.4, -0.2) is 31.8 Å². The standard InChI is InChI=1S/C12H18N2O2/c1-15-11-3-2-4-12(14-11)16-9-10-5-7-13-8-6-10/h2-4,10,13H,5-9H2,1H3. The van der Waals surface area contributed by atoms with Gasteiger partial charge in [0.25, 0.3) is 0 Å². The van der Waals surface area contributed by atoms with Crippen molar-refractivity contribution in [3.8, 4) is 11.8 Å². The van der Waals surface area contributed by atoms with Crippen LogP contribution in [0, 0.1) is 5.92 Å². The summed E-state index contributed by atoms with van der Waals surface area (Å²) >= 11 is 0. The second-order valence-corrected chi connectivity index (χ2v) is 4.02. The second kappa shape index (κ2) is 5.70. The highest BCUT2D eigenvalue weighted by Gasteiger charge is 2.13. The van der Waals surface area contributed by atoms with Crippen LogP contribution in [0.3, 0.4) is 0 Å². The largest absolute Gasteiger partial charge is 0.481 e. The van der Waals surface area contributed by atoms with Crippen molar-refractivity contribution in [3.63, 3.8) is 0 Å². The van der Waals surface area contributed by atoms with E-state index in [0.29, 0.717) is 17.7 Å². The lowest BCUT2D eigenvalue weighted by Crippen LogP contribution is -2.30. The van der Waals surface area contributed by atoms with E-state index in [1.165, 1.54) is 12.8 Å². The molecule has 1 aromatic rings. The first-order chi connectivity index (χ1) is 7.88. The molecule has 4 nitrogen and oxygen atoms in total. The van der Waals surface area contributed by atoms with Crippen LogP contribution in [0.5, 0.6) is 11.8 Å². The first-order valence-corrected chi connectivity index (χ1v) is 5.73. The van der Waals surface area contributed by atoms with E-state index < -0.39 is 0 Å². The fraction of sp³-hybridized carbons (Fsp3) is 0.583. The molecule has 1 aromatic heterocycles. The number of hydrogen-bond acceptors (Lipinski definition) is 4. The van der Waals surface area contributed by atoms with Crippen LogP contribution in [0.25, 0.3) is 0 Å². The average Bonchev–Trinajstić information content (AvgIpc) is 2.38. The number of hydrogen-bond donors (Lipinski definition) is 1. The van der Waals surface area contributed by atoms with Crippen molar-refractivity contribution >= 4 is 0 Å². The first-order valence-electron chi connectivity index (χ1n) is 5.73. The lowest BCUT2D eigenvalue weighted by Gasteiger charge is -2.22. The molecular weight excluding hydrogens is 204 g/mol. The van der Waals surface area contributed by atoms with Gasteiger partial charge in [-0.3, -0.25) is 0 Å². The third-order valence-corrected chi connectivity index (χ3v) is 2.83. The minimum absolute atomic E-state index is 0.600. The van der Waals surface area contributed by atoms with E-state index in [1.54, 1.807) is 7.11 Å². The van der Waals surface area contributed by atoms with Crippen LogP contribution in [0.2, 0.25) is 0 Å². The predicted molar refractivity (Wildman–Crippen MR) is 61.9 cm³/mol. The Bertz CT molecular complexity index is 325. The number of rotatable bonds is 4. The van der Waals surface area contributed by atoms with E-state index in [0.717, 1.165) is 19.7 Å². The molecule has 2 heterocycles. The summed E-state index contributed by atoms with van der Waals surface area (Å²) in [5.41, 5.74) is 0. The maximum absolute atomic E-state index is 5.67. The van der Waals surface area contributed by atoms with Crippen molar-refractivity contribution in [2.75, 3.05) is 26.8 Å². The van der Waals surface area contributed by atoms with Gasteiger partial charge in [-0.2, -0.15) is 4.98 Å². The van der Waals surface area contributed by atoms with Gasteiger partial charge < -0.3 is 14.8 Å². The van der Waals surface area contributed by atoms with E-state index in [-0.39, 0.29) is 0 Å². The Morgan fingerprint density at radius 3 is 2.81 bits per heavy atom. The molecule has 0 amide bonds. The molecule has 0 aromatic carbocycles. The molecule has 1 fully saturated rings. The molecule has 2 rings (SSSR count). The molecule has 4 heteroatoms. The van der Waals surface area contributed by atoms with Crippen LogP contribution >= 0.6 is 0 Å². The summed E-state index contributed by atoms with van der Waals surface area (Å²) in [6.07, 6.45) is 2.37. The summed E-state index contributed by atoms with van der Waals surface area (Å²) in [4.78, 5) is 4.22. The second-order valence-electron chi connectivity index (χ2n) is 4.02. The van der Waals surface area contributed by atoms with Crippen molar-refractivity contribution in [2.24, 2.45) is 5.92 Å². The molecule has 1 aliphatic heterocycles. The smallest absolute Gasteiger partial charge is 0.216 e. The number of nitrogens with zero attached hydrogens (tertiary/aromatic N) is 1. The van der Waals surface area contributed by atoms with Gasteiger partial charge >= 0.3 is 0 Å². The minimum Gasteiger partial charge on any atom is -0.481 e. The van der Waals surface area contributed by atoms with Gasteiger partial charge in [0, 0.05) is 12.1 Å². The molecule has 1 saturated heterocycles. The van der Waals surface area contributed by atoms with Crippen LogP contribution in [0.1, 0.15) is 12.8 Å². The quantitative estimate of drug-likeness (QED) is 0.837. The molecule has 0 spiro atoms. The zero-order valence-corrected chi connectivity index (χ0v) is 9.61. The Kier molecular flexibility index (Phi) is 3.99. The highest BCUT2D eigenvalue weighted by atomic mass is 16.5. The van der Waals surface area contributed by atoms with Crippen LogP contribution in [0.15, 0.2) is 18.2 Å². The molecule has 0 bridgehead atoms. The molecule has 1 aliphatic rings. The molecule has 0 atom stereocenters. The lowest BCUT2D eigenvalue weighted by atomic mass is 9.99. The van der Waals surface area contributed by atoms with E-state index in [9.17, 15) is 0 Å². The van der Waals surface area contributed by atoms with E-state index in [4.69, 9.17) is 9.47 Å². The number of methoxy groups -OCH3 is 1. The van der Waals surface area contributed by atoms with Gasteiger partial charge in [0.2, 0.25) is 11.8 Å². The van der Waals surface area contributed by atoms with Gasteiger partial charge in [0.15, 0.2) is 0 Å². The monoisotopic (exact) mass is 222 g/mol. The Hall–Kier alpha value is -1.29.